The molecule has 86 valence electrons. The van der Waals surface area contributed by atoms with Gasteiger partial charge in [-0.2, -0.15) is 0 Å². The highest BCUT2D eigenvalue weighted by molar-refractivity contribution is 7.98. The summed E-state index contributed by atoms with van der Waals surface area (Å²) in [6, 6.07) is 6.10. The first-order valence-corrected chi connectivity index (χ1v) is 6.45. The third kappa shape index (κ3) is 2.62. The molecule has 0 radical (unpaired) electrons. The van der Waals surface area contributed by atoms with E-state index in [4.69, 9.17) is 11.6 Å². The molecular formula is C11H14ClN3S. The minimum atomic E-state index is 0.324. The summed E-state index contributed by atoms with van der Waals surface area (Å²) < 4.78 is 3.16. The van der Waals surface area contributed by atoms with Crippen molar-refractivity contribution in [2.45, 2.75) is 31.2 Å². The fourth-order valence-corrected chi connectivity index (χ4v) is 2.27. The third-order valence-corrected chi connectivity index (χ3v) is 3.48. The van der Waals surface area contributed by atoms with Gasteiger partial charge < -0.3 is 5.32 Å². The molecule has 1 unspecified atom stereocenters. The zero-order valence-electron chi connectivity index (χ0n) is 9.25. The zero-order chi connectivity index (χ0) is 11.5. The van der Waals surface area contributed by atoms with Crippen LogP contribution in [0, 0.1) is 0 Å². The van der Waals surface area contributed by atoms with Gasteiger partial charge in [0.15, 0.2) is 0 Å². The lowest BCUT2D eigenvalue weighted by atomic mass is 10.3. The van der Waals surface area contributed by atoms with Crippen LogP contribution in [0.15, 0.2) is 28.1 Å². The molecule has 1 heterocycles. The Kier molecular flexibility index (Phi) is 3.61. The van der Waals surface area contributed by atoms with E-state index in [1.807, 2.05) is 18.2 Å². The van der Waals surface area contributed by atoms with Crippen LogP contribution in [0.2, 0.25) is 5.02 Å². The summed E-state index contributed by atoms with van der Waals surface area (Å²) in [4.78, 5) is 5.61. The molecular weight excluding hydrogens is 242 g/mol. The highest BCUT2D eigenvalue weighted by atomic mass is 35.5. The smallest absolute Gasteiger partial charge is 0.206 e. The molecule has 5 heteroatoms. The third-order valence-electron chi connectivity index (χ3n) is 2.39. The van der Waals surface area contributed by atoms with Gasteiger partial charge in [0, 0.05) is 5.02 Å². The largest absolute Gasteiger partial charge is 0.325 e. The van der Waals surface area contributed by atoms with E-state index in [1.165, 1.54) is 11.9 Å². The molecule has 2 N–H and O–H groups in total. The summed E-state index contributed by atoms with van der Waals surface area (Å²) in [5.74, 6) is 0.814. The lowest BCUT2D eigenvalue weighted by molar-refractivity contribution is 0.714. The Morgan fingerprint density at radius 1 is 1.50 bits per heavy atom. The fraction of sp³-hybridized carbons (Fsp3) is 0.364. The number of guanidine groups is 1. The number of hydrogen-bond donors (Lipinski definition) is 2. The molecule has 0 aliphatic carbocycles. The van der Waals surface area contributed by atoms with Crippen molar-refractivity contribution in [3.8, 4) is 0 Å². The van der Waals surface area contributed by atoms with E-state index in [0.717, 1.165) is 28.0 Å². The predicted octanol–water partition coefficient (Wildman–Crippen LogP) is 3.52. The van der Waals surface area contributed by atoms with Crippen molar-refractivity contribution in [2.75, 3.05) is 5.32 Å². The van der Waals surface area contributed by atoms with Gasteiger partial charge in [-0.05, 0) is 43.5 Å². The number of aliphatic imine (C=N–C) groups is 1. The summed E-state index contributed by atoms with van der Waals surface area (Å²) in [5, 5.41) is 4.00. The van der Waals surface area contributed by atoms with Crippen LogP contribution < -0.4 is 10.0 Å². The molecule has 1 aliphatic heterocycles. The van der Waals surface area contributed by atoms with Gasteiger partial charge in [-0.3, -0.25) is 4.72 Å². The number of rotatable bonds is 2. The standard InChI is InChI=1S/C11H14ClN3S/c1-3-7(2)13-11-14-9-5-4-8(12)6-10(9)16-15-11/h4-7H,3H2,1-2H3,(H2,13,14,15). The fourth-order valence-electron chi connectivity index (χ4n) is 1.31. The highest BCUT2D eigenvalue weighted by Crippen LogP contribution is 2.31. The van der Waals surface area contributed by atoms with Crippen LogP contribution in [-0.4, -0.2) is 12.0 Å². The summed E-state index contributed by atoms with van der Waals surface area (Å²) in [6.07, 6.45) is 1.03. The highest BCUT2D eigenvalue weighted by Gasteiger charge is 2.14. The van der Waals surface area contributed by atoms with E-state index in [2.05, 4.69) is 28.9 Å². The Balaban J connectivity index is 2.18. The van der Waals surface area contributed by atoms with Crippen LogP contribution >= 0.6 is 23.5 Å². The van der Waals surface area contributed by atoms with Crippen molar-refractivity contribution in [1.82, 2.24) is 4.72 Å². The Hall–Kier alpha value is -0.870. The second-order valence-corrected chi connectivity index (χ2v) is 4.99. The van der Waals surface area contributed by atoms with Gasteiger partial charge in [0.05, 0.1) is 16.6 Å². The summed E-state index contributed by atoms with van der Waals surface area (Å²) in [6.45, 7) is 4.22. The first kappa shape index (κ1) is 11.6. The normalized spacial score (nSPS) is 18.6. The maximum atomic E-state index is 5.92. The number of halogens is 1. The Bertz CT molecular complexity index is 420. The monoisotopic (exact) mass is 255 g/mol. The second kappa shape index (κ2) is 4.97. The molecule has 1 aliphatic rings. The quantitative estimate of drug-likeness (QED) is 0.794. The lowest BCUT2D eigenvalue weighted by Gasteiger charge is -2.21. The summed E-state index contributed by atoms with van der Waals surface area (Å²) in [5.41, 5.74) is 1.05. The van der Waals surface area contributed by atoms with E-state index in [-0.39, 0.29) is 0 Å². The Morgan fingerprint density at radius 3 is 3.06 bits per heavy atom. The predicted molar refractivity (Wildman–Crippen MR) is 71.3 cm³/mol. The van der Waals surface area contributed by atoms with Crippen molar-refractivity contribution in [1.29, 1.82) is 0 Å². The maximum Gasteiger partial charge on any atom is 0.206 e. The number of nitrogens with zero attached hydrogens (tertiary/aromatic N) is 1. The molecule has 0 bridgehead atoms. The lowest BCUT2D eigenvalue weighted by Crippen LogP contribution is -2.30. The van der Waals surface area contributed by atoms with E-state index < -0.39 is 0 Å². The van der Waals surface area contributed by atoms with E-state index >= 15 is 0 Å². The van der Waals surface area contributed by atoms with Crippen molar-refractivity contribution < 1.29 is 0 Å². The average Bonchev–Trinajstić information content (AvgIpc) is 2.29. The molecule has 0 aromatic heterocycles. The molecule has 1 aromatic carbocycles. The van der Waals surface area contributed by atoms with Gasteiger partial charge in [0.2, 0.25) is 5.96 Å². The van der Waals surface area contributed by atoms with Crippen LogP contribution in [-0.2, 0) is 0 Å². The van der Waals surface area contributed by atoms with Gasteiger partial charge >= 0.3 is 0 Å². The number of nitrogens with one attached hydrogen (secondary N) is 2. The second-order valence-electron chi connectivity index (χ2n) is 3.70. The summed E-state index contributed by atoms with van der Waals surface area (Å²) in [7, 11) is 0. The zero-order valence-corrected chi connectivity index (χ0v) is 10.8. The Morgan fingerprint density at radius 2 is 2.31 bits per heavy atom. The van der Waals surface area contributed by atoms with Crippen LogP contribution in [0.1, 0.15) is 20.3 Å². The molecule has 0 amide bonds. The first-order valence-electron chi connectivity index (χ1n) is 5.26. The minimum Gasteiger partial charge on any atom is -0.325 e. The number of benzene rings is 1. The van der Waals surface area contributed by atoms with Crippen LogP contribution in [0.5, 0.6) is 0 Å². The van der Waals surface area contributed by atoms with Gasteiger partial charge in [0.25, 0.3) is 0 Å². The maximum absolute atomic E-state index is 5.92. The van der Waals surface area contributed by atoms with Gasteiger partial charge in [-0.25, -0.2) is 4.99 Å². The number of fused-ring (bicyclic) bond motifs is 1. The molecule has 0 saturated carbocycles. The molecule has 0 saturated heterocycles. The van der Waals surface area contributed by atoms with Crippen LogP contribution in [0.3, 0.4) is 0 Å². The number of hydrogen-bond acceptors (Lipinski definition) is 2. The van der Waals surface area contributed by atoms with Crippen molar-refractivity contribution >= 4 is 35.2 Å². The molecule has 1 atom stereocenters. The van der Waals surface area contributed by atoms with Crippen LogP contribution in [0.25, 0.3) is 0 Å². The van der Waals surface area contributed by atoms with Crippen molar-refractivity contribution in [2.24, 2.45) is 4.99 Å². The van der Waals surface area contributed by atoms with Crippen molar-refractivity contribution in [3.63, 3.8) is 0 Å². The summed E-state index contributed by atoms with van der Waals surface area (Å²) >= 11 is 7.46. The van der Waals surface area contributed by atoms with Gasteiger partial charge in [0.1, 0.15) is 0 Å². The molecule has 0 fully saturated rings. The molecule has 3 nitrogen and oxygen atoms in total. The van der Waals surface area contributed by atoms with E-state index in [9.17, 15) is 0 Å². The van der Waals surface area contributed by atoms with Gasteiger partial charge in [-0.15, -0.1) is 0 Å². The first-order chi connectivity index (χ1) is 7.69. The molecule has 16 heavy (non-hydrogen) atoms. The molecule has 2 rings (SSSR count). The van der Waals surface area contributed by atoms with Crippen molar-refractivity contribution in [3.05, 3.63) is 23.2 Å². The number of anilines is 1. The molecule has 1 aromatic rings. The minimum absolute atomic E-state index is 0.324. The van der Waals surface area contributed by atoms with Gasteiger partial charge in [-0.1, -0.05) is 18.5 Å². The topological polar surface area (TPSA) is 36.4 Å². The molecule has 0 spiro atoms. The van der Waals surface area contributed by atoms with E-state index in [0.29, 0.717) is 6.04 Å². The average molecular weight is 256 g/mol. The van der Waals surface area contributed by atoms with E-state index in [1.54, 1.807) is 0 Å². The van der Waals surface area contributed by atoms with Crippen LogP contribution in [0.4, 0.5) is 5.69 Å². The SMILES string of the molecule is CCC(C)N=C1NSc2cc(Cl)ccc2N1. The Labute approximate surface area is 105 Å².